The fourth-order valence-corrected chi connectivity index (χ4v) is 2.11. The fourth-order valence-electron chi connectivity index (χ4n) is 1.73. The highest BCUT2D eigenvalue weighted by atomic mass is 35.5. The zero-order valence-corrected chi connectivity index (χ0v) is 10.8. The van der Waals surface area contributed by atoms with Crippen LogP contribution in [0.25, 0.3) is 0 Å². The molecule has 100 valence electrons. The van der Waals surface area contributed by atoms with Crippen molar-refractivity contribution < 1.29 is 18.0 Å². The first-order valence-corrected chi connectivity index (χ1v) is 6.20. The largest absolute Gasteiger partial charge is 0.416 e. The summed E-state index contributed by atoms with van der Waals surface area (Å²) >= 11 is 10.9. The quantitative estimate of drug-likeness (QED) is 0.575. The lowest BCUT2D eigenvalue weighted by Crippen LogP contribution is -2.15. The molecule has 1 rings (SSSR count). The Bertz CT molecular complexity index is 418. The predicted octanol–water partition coefficient (Wildman–Crippen LogP) is 4.57. The first kappa shape index (κ1) is 15.3. The molecule has 1 nitrogen and oxygen atoms in total. The molecule has 0 fully saturated rings. The zero-order chi connectivity index (χ0) is 13.8. The van der Waals surface area contributed by atoms with E-state index in [-0.39, 0.29) is 17.9 Å². The molecule has 0 saturated heterocycles. The van der Waals surface area contributed by atoms with Crippen LogP contribution in [-0.2, 0) is 11.0 Å². The van der Waals surface area contributed by atoms with Gasteiger partial charge in [-0.05, 0) is 36.1 Å². The smallest absolute Gasteiger partial charge is 0.281 e. The third-order valence-corrected chi connectivity index (χ3v) is 3.07. The van der Waals surface area contributed by atoms with Gasteiger partial charge in [-0.25, -0.2) is 0 Å². The zero-order valence-electron chi connectivity index (χ0n) is 9.31. The molecule has 0 radical (unpaired) electrons. The van der Waals surface area contributed by atoms with E-state index < -0.39 is 22.9 Å². The standard InChI is InChI=1S/C12H11Cl2F3O/c13-7-3-5-9(11(14)18)8-4-1-2-6-10(8)12(15,16)17/h1-2,4,6,9H,3,5,7H2. The molecule has 0 aromatic heterocycles. The Morgan fingerprint density at radius 3 is 2.39 bits per heavy atom. The van der Waals surface area contributed by atoms with Gasteiger partial charge in [-0.3, -0.25) is 4.79 Å². The van der Waals surface area contributed by atoms with Crippen molar-refractivity contribution in [1.29, 1.82) is 0 Å². The van der Waals surface area contributed by atoms with E-state index in [1.807, 2.05) is 0 Å². The van der Waals surface area contributed by atoms with E-state index in [0.717, 1.165) is 6.07 Å². The second-order valence-corrected chi connectivity index (χ2v) is 4.52. The summed E-state index contributed by atoms with van der Waals surface area (Å²) in [6.45, 7) is 0. The van der Waals surface area contributed by atoms with Crippen LogP contribution in [0.15, 0.2) is 24.3 Å². The molecule has 0 bridgehead atoms. The van der Waals surface area contributed by atoms with Gasteiger partial charge in [0, 0.05) is 5.88 Å². The van der Waals surface area contributed by atoms with Gasteiger partial charge in [-0.15, -0.1) is 11.6 Å². The number of rotatable bonds is 5. The number of halogens is 5. The number of carbonyl (C=O) groups excluding carboxylic acids is 1. The molecule has 1 aromatic rings. The summed E-state index contributed by atoms with van der Waals surface area (Å²) in [5.74, 6) is -0.697. The molecule has 0 aliphatic heterocycles. The molecule has 1 aromatic carbocycles. The molecule has 6 heteroatoms. The number of hydrogen-bond acceptors (Lipinski definition) is 1. The number of benzene rings is 1. The van der Waals surface area contributed by atoms with Crippen molar-refractivity contribution in [3.05, 3.63) is 35.4 Å². The third kappa shape index (κ3) is 3.89. The molecule has 0 amide bonds. The summed E-state index contributed by atoms with van der Waals surface area (Å²) in [6, 6.07) is 4.96. The van der Waals surface area contributed by atoms with Gasteiger partial charge in [-0.1, -0.05) is 18.2 Å². The lowest BCUT2D eigenvalue weighted by atomic mass is 9.91. The highest BCUT2D eigenvalue weighted by Gasteiger charge is 2.36. The van der Waals surface area contributed by atoms with Crippen LogP contribution in [0.2, 0.25) is 0 Å². The minimum Gasteiger partial charge on any atom is -0.281 e. The van der Waals surface area contributed by atoms with Crippen molar-refractivity contribution >= 4 is 28.4 Å². The molecule has 0 heterocycles. The summed E-state index contributed by atoms with van der Waals surface area (Å²) in [4.78, 5) is 11.3. The highest BCUT2D eigenvalue weighted by Crippen LogP contribution is 2.37. The molecule has 0 N–H and O–H groups in total. The third-order valence-electron chi connectivity index (χ3n) is 2.54. The molecule has 0 saturated carbocycles. The van der Waals surface area contributed by atoms with Gasteiger partial charge in [0.05, 0.1) is 11.5 Å². The first-order valence-electron chi connectivity index (χ1n) is 5.29. The van der Waals surface area contributed by atoms with E-state index in [1.54, 1.807) is 0 Å². The normalized spacial score (nSPS) is 13.4. The van der Waals surface area contributed by atoms with Crippen molar-refractivity contribution in [2.75, 3.05) is 5.88 Å². The van der Waals surface area contributed by atoms with Gasteiger partial charge >= 0.3 is 6.18 Å². The second kappa shape index (κ2) is 6.43. The van der Waals surface area contributed by atoms with Crippen molar-refractivity contribution in [3.8, 4) is 0 Å². The van der Waals surface area contributed by atoms with Gasteiger partial charge in [0.1, 0.15) is 0 Å². The Kier molecular flexibility index (Phi) is 5.47. The number of alkyl halides is 4. The molecular formula is C12H11Cl2F3O. The minimum absolute atomic E-state index is 0.0879. The lowest BCUT2D eigenvalue weighted by Gasteiger charge is -2.18. The summed E-state index contributed by atoms with van der Waals surface area (Å²) < 4.78 is 38.4. The maximum atomic E-state index is 12.8. The molecule has 0 spiro atoms. The molecule has 0 aliphatic carbocycles. The monoisotopic (exact) mass is 298 g/mol. The van der Waals surface area contributed by atoms with Gasteiger partial charge in [0.2, 0.25) is 5.24 Å². The van der Waals surface area contributed by atoms with Crippen LogP contribution in [0.5, 0.6) is 0 Å². The minimum atomic E-state index is -4.50. The fraction of sp³-hybridized carbons (Fsp3) is 0.417. The van der Waals surface area contributed by atoms with E-state index in [4.69, 9.17) is 23.2 Å². The van der Waals surface area contributed by atoms with E-state index in [2.05, 4.69) is 0 Å². The van der Waals surface area contributed by atoms with Crippen LogP contribution in [0.1, 0.15) is 29.9 Å². The Balaban J connectivity index is 3.16. The van der Waals surface area contributed by atoms with Gasteiger partial charge in [-0.2, -0.15) is 13.2 Å². The van der Waals surface area contributed by atoms with Gasteiger partial charge < -0.3 is 0 Å². The highest BCUT2D eigenvalue weighted by molar-refractivity contribution is 6.64. The van der Waals surface area contributed by atoms with Crippen molar-refractivity contribution in [2.45, 2.75) is 24.9 Å². The topological polar surface area (TPSA) is 17.1 Å². The predicted molar refractivity (Wildman–Crippen MR) is 65.0 cm³/mol. The van der Waals surface area contributed by atoms with Crippen molar-refractivity contribution in [2.24, 2.45) is 0 Å². The summed E-state index contributed by atoms with van der Waals surface area (Å²) in [6.07, 6.45) is -3.86. The molecule has 18 heavy (non-hydrogen) atoms. The van der Waals surface area contributed by atoms with Crippen molar-refractivity contribution in [1.82, 2.24) is 0 Å². The Morgan fingerprint density at radius 1 is 1.28 bits per heavy atom. The van der Waals surface area contributed by atoms with E-state index >= 15 is 0 Å². The number of hydrogen-bond donors (Lipinski definition) is 0. The van der Waals surface area contributed by atoms with Crippen molar-refractivity contribution in [3.63, 3.8) is 0 Å². The Morgan fingerprint density at radius 2 is 1.89 bits per heavy atom. The molecule has 0 aliphatic rings. The van der Waals surface area contributed by atoms with E-state index in [1.165, 1.54) is 18.2 Å². The molecular weight excluding hydrogens is 288 g/mol. The maximum Gasteiger partial charge on any atom is 0.416 e. The summed E-state index contributed by atoms with van der Waals surface area (Å²) in [5, 5.41) is -0.795. The second-order valence-electron chi connectivity index (χ2n) is 3.77. The van der Waals surface area contributed by atoms with E-state index in [9.17, 15) is 18.0 Å². The van der Waals surface area contributed by atoms with Crippen LogP contribution in [-0.4, -0.2) is 11.1 Å². The van der Waals surface area contributed by atoms with E-state index in [0.29, 0.717) is 6.42 Å². The lowest BCUT2D eigenvalue weighted by molar-refractivity contribution is -0.138. The average Bonchev–Trinajstić information content (AvgIpc) is 2.28. The van der Waals surface area contributed by atoms with Crippen LogP contribution >= 0.6 is 23.2 Å². The SMILES string of the molecule is O=C(Cl)C(CCCCl)c1ccccc1C(F)(F)F. The average molecular weight is 299 g/mol. The number of carbonyl (C=O) groups is 1. The van der Waals surface area contributed by atoms with Gasteiger partial charge in [0.25, 0.3) is 0 Å². The Labute approximate surface area is 113 Å². The van der Waals surface area contributed by atoms with Crippen LogP contribution in [0.4, 0.5) is 13.2 Å². The van der Waals surface area contributed by atoms with Gasteiger partial charge in [0.15, 0.2) is 0 Å². The maximum absolute atomic E-state index is 12.8. The summed E-state index contributed by atoms with van der Waals surface area (Å²) in [5.41, 5.74) is -0.909. The molecule has 1 unspecified atom stereocenters. The Hall–Kier alpha value is -0.740. The first-order chi connectivity index (χ1) is 8.38. The van der Waals surface area contributed by atoms with Crippen LogP contribution in [0, 0.1) is 0 Å². The molecule has 1 atom stereocenters. The van der Waals surface area contributed by atoms with Crippen LogP contribution in [0.3, 0.4) is 0 Å². The van der Waals surface area contributed by atoms with Crippen LogP contribution < -0.4 is 0 Å². The summed E-state index contributed by atoms with van der Waals surface area (Å²) in [7, 11) is 0.